The van der Waals surface area contributed by atoms with Crippen molar-refractivity contribution in [2.75, 3.05) is 0 Å². The lowest BCUT2D eigenvalue weighted by molar-refractivity contribution is 1.23. The van der Waals surface area contributed by atoms with E-state index >= 15 is 0 Å². The van der Waals surface area contributed by atoms with Gasteiger partial charge in [0.25, 0.3) is 0 Å². The Hall–Kier alpha value is -0.380. The summed E-state index contributed by atoms with van der Waals surface area (Å²) in [4.78, 5) is 7.91. The van der Waals surface area contributed by atoms with Crippen molar-refractivity contribution in [2.24, 2.45) is 0 Å². The van der Waals surface area contributed by atoms with E-state index in [-0.39, 0.29) is 17.5 Å². The van der Waals surface area contributed by atoms with Gasteiger partial charge in [-0.05, 0) is 6.04 Å². The van der Waals surface area contributed by atoms with E-state index in [9.17, 15) is 0 Å². The SMILES string of the molecule is [2H]c1nc(Cl)c2c([2H])c(Cl)sc2n1. The third kappa shape index (κ3) is 1.20. The molecule has 0 saturated carbocycles. The van der Waals surface area contributed by atoms with Gasteiger partial charge in [0.05, 0.1) is 11.1 Å². The zero-order valence-electron chi connectivity index (χ0n) is 7.06. The first kappa shape index (κ1) is 5.30. The Labute approximate surface area is 79.6 Å². The van der Waals surface area contributed by atoms with Crippen LogP contribution in [0.25, 0.3) is 10.2 Å². The highest BCUT2D eigenvalue weighted by Crippen LogP contribution is 2.30. The maximum atomic E-state index is 7.53. The Kier molecular flexibility index (Phi) is 1.25. The van der Waals surface area contributed by atoms with Crippen molar-refractivity contribution in [1.82, 2.24) is 9.97 Å². The van der Waals surface area contributed by atoms with Crippen LogP contribution in [-0.2, 0) is 0 Å². The fraction of sp³-hybridized carbons (Fsp3) is 0. The number of rotatable bonds is 0. The molecule has 0 aliphatic carbocycles. The molecule has 2 rings (SSSR count). The molecule has 0 aromatic carbocycles. The molecule has 0 N–H and O–H groups in total. The predicted octanol–water partition coefficient (Wildman–Crippen LogP) is 3.00. The fourth-order valence-electron chi connectivity index (χ4n) is 0.702. The number of aromatic nitrogens is 2. The minimum atomic E-state index is -0.157. The van der Waals surface area contributed by atoms with E-state index < -0.39 is 0 Å². The van der Waals surface area contributed by atoms with E-state index in [0.29, 0.717) is 14.6 Å². The van der Waals surface area contributed by atoms with Crippen LogP contribution in [0.2, 0.25) is 9.49 Å². The van der Waals surface area contributed by atoms with Crippen LogP contribution in [-0.4, -0.2) is 9.97 Å². The van der Waals surface area contributed by atoms with Crippen molar-refractivity contribution in [2.45, 2.75) is 0 Å². The number of hydrogen-bond acceptors (Lipinski definition) is 3. The Morgan fingerprint density at radius 2 is 2.27 bits per heavy atom. The number of thiophene rings is 1. The van der Waals surface area contributed by atoms with Gasteiger partial charge in [0, 0.05) is 0 Å². The second-order valence-corrected chi connectivity index (χ2v) is 3.75. The van der Waals surface area contributed by atoms with Crippen molar-refractivity contribution in [3.63, 3.8) is 0 Å². The van der Waals surface area contributed by atoms with Crippen molar-refractivity contribution in [1.29, 1.82) is 0 Å². The molecule has 56 valence electrons. The number of fused-ring (bicyclic) bond motifs is 1. The van der Waals surface area contributed by atoms with Gasteiger partial charge in [-0.25, -0.2) is 9.97 Å². The van der Waals surface area contributed by atoms with Crippen molar-refractivity contribution < 1.29 is 2.74 Å². The summed E-state index contributed by atoms with van der Waals surface area (Å²) < 4.78 is 15.0. The fourth-order valence-corrected chi connectivity index (χ4v) is 1.91. The normalized spacial score (nSPS) is 13.3. The Bertz CT molecular complexity index is 485. The summed E-state index contributed by atoms with van der Waals surface area (Å²) in [6.45, 7) is 0. The van der Waals surface area contributed by atoms with Crippen LogP contribution in [0.5, 0.6) is 0 Å². The van der Waals surface area contributed by atoms with Crippen LogP contribution in [0.1, 0.15) is 2.74 Å². The van der Waals surface area contributed by atoms with Crippen molar-refractivity contribution >= 4 is 44.8 Å². The van der Waals surface area contributed by atoms with Gasteiger partial charge in [-0.15, -0.1) is 11.3 Å². The van der Waals surface area contributed by atoms with Gasteiger partial charge in [0.15, 0.2) is 0 Å². The van der Waals surface area contributed by atoms with Crippen molar-refractivity contribution in [3.8, 4) is 0 Å². The average Bonchev–Trinajstić information content (AvgIpc) is 2.27. The lowest BCUT2D eigenvalue weighted by Crippen LogP contribution is -1.76. The van der Waals surface area contributed by atoms with Gasteiger partial charge in [0.1, 0.15) is 17.7 Å². The number of halogens is 2. The first-order valence-electron chi connectivity index (χ1n) is 3.68. The van der Waals surface area contributed by atoms with E-state index in [1.165, 1.54) is 0 Å². The Morgan fingerprint density at radius 1 is 1.45 bits per heavy atom. The highest BCUT2D eigenvalue weighted by Gasteiger charge is 2.04. The maximum Gasteiger partial charge on any atom is 0.141 e. The Balaban J connectivity index is 2.94. The van der Waals surface area contributed by atoms with Crippen LogP contribution in [0, 0.1) is 0 Å². The molecular weight excluding hydrogens is 203 g/mol. The van der Waals surface area contributed by atoms with E-state index in [1.54, 1.807) is 0 Å². The minimum absolute atomic E-state index is 0.114. The van der Waals surface area contributed by atoms with E-state index in [0.717, 1.165) is 11.3 Å². The molecule has 5 heteroatoms. The topological polar surface area (TPSA) is 25.8 Å². The molecule has 0 bridgehead atoms. The van der Waals surface area contributed by atoms with Crippen LogP contribution in [0.3, 0.4) is 0 Å². The van der Waals surface area contributed by atoms with Gasteiger partial charge in [-0.3, -0.25) is 0 Å². The second-order valence-electron chi connectivity index (χ2n) is 1.80. The van der Waals surface area contributed by atoms with Crippen LogP contribution in [0.4, 0.5) is 0 Å². The molecule has 0 saturated heterocycles. The van der Waals surface area contributed by atoms with E-state index in [1.807, 2.05) is 0 Å². The molecule has 0 aliphatic heterocycles. The molecular formula is C6H2Cl2N2S. The van der Waals surface area contributed by atoms with Crippen LogP contribution in [0.15, 0.2) is 12.3 Å². The zero-order chi connectivity index (χ0) is 9.59. The lowest BCUT2D eigenvalue weighted by Gasteiger charge is -1.87. The predicted molar refractivity (Wildman–Crippen MR) is 47.4 cm³/mol. The summed E-state index contributed by atoms with van der Waals surface area (Å²) in [5, 5.41) is 0.538. The third-order valence-electron chi connectivity index (χ3n) is 1.13. The summed E-state index contributed by atoms with van der Waals surface area (Å²) in [7, 11) is 0. The summed E-state index contributed by atoms with van der Waals surface area (Å²) >= 11 is 12.6. The molecule has 0 atom stereocenters. The lowest BCUT2D eigenvalue weighted by atomic mass is 10.4. The van der Waals surface area contributed by atoms with E-state index in [2.05, 4.69) is 9.97 Å². The summed E-state index contributed by atoms with van der Waals surface area (Å²) in [5.41, 5.74) is 0. The standard InChI is InChI=1S/C6H2Cl2N2S/c7-4-1-3-5(8)9-2-10-6(3)11-4/h1-2H/i1D,2D. The first-order valence-corrected chi connectivity index (χ1v) is 4.25. The smallest absolute Gasteiger partial charge is 0.141 e. The average molecular weight is 207 g/mol. The third-order valence-corrected chi connectivity index (χ3v) is 2.50. The zero-order valence-corrected chi connectivity index (χ0v) is 7.39. The molecule has 2 aromatic heterocycles. The molecule has 0 spiro atoms. The van der Waals surface area contributed by atoms with E-state index in [4.69, 9.17) is 25.9 Å². The summed E-state index contributed by atoms with van der Waals surface area (Å²) in [6.07, 6.45) is -0.157. The van der Waals surface area contributed by atoms with Crippen LogP contribution < -0.4 is 0 Å². The minimum Gasteiger partial charge on any atom is -0.225 e. The van der Waals surface area contributed by atoms with Crippen molar-refractivity contribution in [3.05, 3.63) is 21.8 Å². The molecule has 2 heterocycles. The highest BCUT2D eigenvalue weighted by molar-refractivity contribution is 7.22. The maximum absolute atomic E-state index is 7.53. The number of hydrogen-bond donors (Lipinski definition) is 0. The van der Waals surface area contributed by atoms with Gasteiger partial charge in [-0.1, -0.05) is 23.2 Å². The second kappa shape index (κ2) is 2.59. The van der Waals surface area contributed by atoms with Gasteiger partial charge < -0.3 is 0 Å². The molecule has 11 heavy (non-hydrogen) atoms. The molecule has 2 nitrogen and oxygen atoms in total. The monoisotopic (exact) mass is 206 g/mol. The van der Waals surface area contributed by atoms with Gasteiger partial charge >= 0.3 is 0 Å². The highest BCUT2D eigenvalue weighted by atomic mass is 35.5. The molecule has 0 aliphatic rings. The first-order chi connectivity index (χ1) is 6.09. The molecule has 2 aromatic rings. The molecule has 0 unspecified atom stereocenters. The molecule has 0 radical (unpaired) electrons. The Morgan fingerprint density at radius 3 is 3.09 bits per heavy atom. The van der Waals surface area contributed by atoms with Gasteiger partial charge in [0.2, 0.25) is 0 Å². The van der Waals surface area contributed by atoms with Gasteiger partial charge in [-0.2, -0.15) is 0 Å². The summed E-state index contributed by atoms with van der Waals surface area (Å²) in [5.74, 6) is 0. The molecule has 0 fully saturated rings. The quantitative estimate of drug-likeness (QED) is 0.620. The largest absolute Gasteiger partial charge is 0.225 e. The van der Waals surface area contributed by atoms with Crippen LogP contribution >= 0.6 is 34.5 Å². The number of nitrogens with zero attached hydrogens (tertiary/aromatic N) is 2. The summed E-state index contributed by atoms with van der Waals surface area (Å²) in [6, 6.07) is 0.131. The molecule has 0 amide bonds.